The maximum Gasteiger partial charge on any atom is 0.212 e. The molecule has 0 saturated heterocycles. The Morgan fingerprint density at radius 3 is 2.47 bits per heavy atom. The highest BCUT2D eigenvalue weighted by Crippen LogP contribution is 2.13. The van der Waals surface area contributed by atoms with Crippen molar-refractivity contribution in [2.24, 2.45) is 0 Å². The Hall–Kier alpha value is -0.910. The normalized spacial score (nSPS) is 13.5. The average Bonchev–Trinajstić information content (AvgIpc) is 2.35. The molecule has 0 spiro atoms. The van der Waals surface area contributed by atoms with Crippen LogP contribution in [0.3, 0.4) is 0 Å². The van der Waals surface area contributed by atoms with E-state index >= 15 is 0 Å². The Balaban J connectivity index is 2.71. The Kier molecular flexibility index (Phi) is 5.61. The Labute approximate surface area is 103 Å². The zero-order chi connectivity index (χ0) is 12.7. The fourth-order valence-electron chi connectivity index (χ4n) is 1.51. The molecule has 0 aromatic heterocycles. The van der Waals surface area contributed by atoms with Gasteiger partial charge in [-0.05, 0) is 12.0 Å². The van der Waals surface area contributed by atoms with E-state index in [1.807, 2.05) is 25.1 Å². The third kappa shape index (κ3) is 4.85. The second-order valence-electron chi connectivity index (χ2n) is 3.94. The number of benzene rings is 1. The highest BCUT2D eigenvalue weighted by atomic mass is 32.2. The number of hydrogen-bond acceptors (Lipinski definition) is 3. The second-order valence-corrected chi connectivity index (χ2v) is 5.81. The first-order chi connectivity index (χ1) is 8.09. The quantitative estimate of drug-likeness (QED) is 0.776. The third-order valence-electron chi connectivity index (χ3n) is 2.47. The minimum Gasteiger partial charge on any atom is -0.394 e. The standard InChI is InChI=1S/C12H19NO3S/c1-2-3-9-17(15,16)13-12(10-14)11-7-5-4-6-8-11/h4-8,12-14H,2-3,9-10H2,1H3. The molecule has 0 heterocycles. The van der Waals surface area contributed by atoms with Crippen LogP contribution in [0.1, 0.15) is 31.4 Å². The van der Waals surface area contributed by atoms with Crippen LogP contribution in [0.25, 0.3) is 0 Å². The number of unbranched alkanes of at least 4 members (excludes halogenated alkanes) is 1. The molecule has 1 atom stereocenters. The van der Waals surface area contributed by atoms with E-state index in [-0.39, 0.29) is 12.4 Å². The predicted molar refractivity (Wildman–Crippen MR) is 68.1 cm³/mol. The number of aliphatic hydroxyl groups is 1. The zero-order valence-electron chi connectivity index (χ0n) is 9.96. The minimum absolute atomic E-state index is 0.104. The summed E-state index contributed by atoms with van der Waals surface area (Å²) in [5, 5.41) is 9.24. The van der Waals surface area contributed by atoms with Crippen LogP contribution >= 0.6 is 0 Å². The molecule has 17 heavy (non-hydrogen) atoms. The van der Waals surface area contributed by atoms with Crippen LogP contribution in [0, 0.1) is 0 Å². The second kappa shape index (κ2) is 6.74. The van der Waals surface area contributed by atoms with Gasteiger partial charge >= 0.3 is 0 Å². The molecule has 0 fully saturated rings. The number of hydrogen-bond donors (Lipinski definition) is 2. The Bertz CT molecular complexity index is 417. The van der Waals surface area contributed by atoms with Gasteiger partial charge in [0.15, 0.2) is 0 Å². The first-order valence-electron chi connectivity index (χ1n) is 5.75. The van der Waals surface area contributed by atoms with Crippen LogP contribution in [-0.2, 0) is 10.0 Å². The van der Waals surface area contributed by atoms with Gasteiger partial charge in [-0.1, -0.05) is 43.7 Å². The molecule has 0 aliphatic carbocycles. The van der Waals surface area contributed by atoms with E-state index < -0.39 is 16.1 Å². The molecule has 2 N–H and O–H groups in total. The molecule has 0 aliphatic heterocycles. The lowest BCUT2D eigenvalue weighted by Crippen LogP contribution is -2.32. The highest BCUT2D eigenvalue weighted by Gasteiger charge is 2.17. The largest absolute Gasteiger partial charge is 0.394 e. The van der Waals surface area contributed by atoms with Crippen molar-refractivity contribution in [2.45, 2.75) is 25.8 Å². The number of sulfonamides is 1. The van der Waals surface area contributed by atoms with Gasteiger partial charge in [0, 0.05) is 0 Å². The zero-order valence-corrected chi connectivity index (χ0v) is 10.8. The van der Waals surface area contributed by atoms with Crippen molar-refractivity contribution in [3.8, 4) is 0 Å². The fraction of sp³-hybridized carbons (Fsp3) is 0.500. The lowest BCUT2D eigenvalue weighted by atomic mass is 10.1. The van der Waals surface area contributed by atoms with Gasteiger partial charge in [-0.25, -0.2) is 13.1 Å². The first-order valence-corrected chi connectivity index (χ1v) is 7.40. The molecule has 0 radical (unpaired) electrons. The van der Waals surface area contributed by atoms with Crippen molar-refractivity contribution < 1.29 is 13.5 Å². The highest BCUT2D eigenvalue weighted by molar-refractivity contribution is 7.89. The third-order valence-corrected chi connectivity index (χ3v) is 3.94. The van der Waals surface area contributed by atoms with Gasteiger partial charge in [-0.2, -0.15) is 0 Å². The van der Waals surface area contributed by atoms with Gasteiger partial charge in [-0.15, -0.1) is 0 Å². The van der Waals surface area contributed by atoms with E-state index in [9.17, 15) is 13.5 Å². The molecule has 0 amide bonds. The SMILES string of the molecule is CCCCS(=O)(=O)NC(CO)c1ccccc1. The maximum atomic E-state index is 11.7. The summed E-state index contributed by atoms with van der Waals surface area (Å²) in [5.41, 5.74) is 0.773. The predicted octanol–water partition coefficient (Wildman–Crippen LogP) is 1.44. The van der Waals surface area contributed by atoms with Crippen molar-refractivity contribution in [2.75, 3.05) is 12.4 Å². The summed E-state index contributed by atoms with van der Waals surface area (Å²) in [6.45, 7) is 1.70. The molecule has 1 aromatic carbocycles. The van der Waals surface area contributed by atoms with Gasteiger partial charge in [0.1, 0.15) is 0 Å². The summed E-state index contributed by atoms with van der Waals surface area (Å²) in [4.78, 5) is 0. The molecule has 5 heteroatoms. The molecule has 0 bridgehead atoms. The number of rotatable bonds is 7. The number of aliphatic hydroxyl groups excluding tert-OH is 1. The van der Waals surface area contributed by atoms with Crippen LogP contribution in [0.15, 0.2) is 30.3 Å². The van der Waals surface area contributed by atoms with Crippen LogP contribution in [0.2, 0.25) is 0 Å². The number of nitrogens with one attached hydrogen (secondary N) is 1. The fourth-order valence-corrected chi connectivity index (χ4v) is 2.94. The van der Waals surface area contributed by atoms with Crippen molar-refractivity contribution in [3.05, 3.63) is 35.9 Å². The first kappa shape index (κ1) is 14.2. The van der Waals surface area contributed by atoms with E-state index in [1.165, 1.54) is 0 Å². The molecule has 1 aromatic rings. The van der Waals surface area contributed by atoms with Crippen molar-refractivity contribution in [3.63, 3.8) is 0 Å². The lowest BCUT2D eigenvalue weighted by molar-refractivity contribution is 0.259. The molecule has 1 rings (SSSR count). The smallest absolute Gasteiger partial charge is 0.212 e. The van der Waals surface area contributed by atoms with Crippen molar-refractivity contribution in [1.82, 2.24) is 4.72 Å². The van der Waals surface area contributed by atoms with Crippen molar-refractivity contribution in [1.29, 1.82) is 0 Å². The average molecular weight is 257 g/mol. The van der Waals surface area contributed by atoms with Crippen molar-refractivity contribution >= 4 is 10.0 Å². The van der Waals surface area contributed by atoms with Gasteiger partial charge in [0.05, 0.1) is 18.4 Å². The summed E-state index contributed by atoms with van der Waals surface area (Å²) >= 11 is 0. The maximum absolute atomic E-state index is 11.7. The molecule has 0 saturated carbocycles. The van der Waals surface area contributed by atoms with E-state index in [4.69, 9.17) is 0 Å². The van der Waals surface area contributed by atoms with Gasteiger partial charge in [0.2, 0.25) is 10.0 Å². The summed E-state index contributed by atoms with van der Waals surface area (Å²) in [6, 6.07) is 8.52. The van der Waals surface area contributed by atoms with Crippen LogP contribution in [0.4, 0.5) is 0 Å². The van der Waals surface area contributed by atoms with Gasteiger partial charge in [-0.3, -0.25) is 0 Å². The molecule has 1 unspecified atom stereocenters. The molecule has 4 nitrogen and oxygen atoms in total. The summed E-state index contributed by atoms with van der Waals surface area (Å²) in [7, 11) is -3.31. The minimum atomic E-state index is -3.31. The lowest BCUT2D eigenvalue weighted by Gasteiger charge is -2.16. The topological polar surface area (TPSA) is 66.4 Å². The molecule has 0 aliphatic rings. The van der Waals surface area contributed by atoms with E-state index in [0.29, 0.717) is 6.42 Å². The van der Waals surface area contributed by atoms with Crippen LogP contribution in [0.5, 0.6) is 0 Å². The summed E-state index contributed by atoms with van der Waals surface area (Å²) in [5.74, 6) is 0.104. The Morgan fingerprint density at radius 2 is 1.94 bits per heavy atom. The molecular formula is C12H19NO3S. The summed E-state index contributed by atoms with van der Waals surface area (Å²) in [6.07, 6.45) is 1.46. The van der Waals surface area contributed by atoms with Gasteiger partial charge < -0.3 is 5.11 Å². The van der Waals surface area contributed by atoms with Crippen LogP contribution < -0.4 is 4.72 Å². The van der Waals surface area contributed by atoms with Gasteiger partial charge in [0.25, 0.3) is 0 Å². The summed E-state index contributed by atoms with van der Waals surface area (Å²) < 4.78 is 25.9. The Morgan fingerprint density at radius 1 is 1.29 bits per heavy atom. The van der Waals surface area contributed by atoms with Crippen LogP contribution in [-0.4, -0.2) is 25.9 Å². The molecule has 96 valence electrons. The van der Waals surface area contributed by atoms with E-state index in [2.05, 4.69) is 4.72 Å². The van der Waals surface area contributed by atoms with E-state index in [0.717, 1.165) is 12.0 Å². The molecular weight excluding hydrogens is 238 g/mol. The monoisotopic (exact) mass is 257 g/mol. The van der Waals surface area contributed by atoms with E-state index in [1.54, 1.807) is 12.1 Å².